The van der Waals surface area contributed by atoms with Crippen molar-refractivity contribution in [1.29, 1.82) is 0 Å². The molecule has 23 heavy (non-hydrogen) atoms. The maximum absolute atomic E-state index is 13.6. The van der Waals surface area contributed by atoms with Crippen LogP contribution in [0.5, 0.6) is 11.5 Å². The molecule has 0 spiro atoms. The molecule has 0 aliphatic carbocycles. The maximum Gasteiger partial charge on any atom is 0.319 e. The van der Waals surface area contributed by atoms with E-state index in [1.54, 1.807) is 7.11 Å². The minimum Gasteiger partial charge on any atom is -0.506 e. The van der Waals surface area contributed by atoms with Gasteiger partial charge < -0.3 is 20.5 Å². The van der Waals surface area contributed by atoms with Crippen molar-refractivity contribution in [3.05, 3.63) is 52.8 Å². The van der Waals surface area contributed by atoms with Crippen LogP contribution in [-0.2, 0) is 6.42 Å². The lowest BCUT2D eigenvalue weighted by Crippen LogP contribution is -2.30. The van der Waals surface area contributed by atoms with E-state index in [9.17, 15) is 14.3 Å². The number of halogens is 2. The fourth-order valence-corrected chi connectivity index (χ4v) is 2.07. The number of hydrogen-bond donors (Lipinski definition) is 3. The van der Waals surface area contributed by atoms with Crippen LogP contribution in [-0.4, -0.2) is 24.8 Å². The van der Waals surface area contributed by atoms with E-state index in [4.69, 9.17) is 16.3 Å². The molecule has 0 saturated carbocycles. The molecule has 0 aliphatic rings. The Morgan fingerprint density at radius 1 is 1.30 bits per heavy atom. The maximum atomic E-state index is 13.6. The fourth-order valence-electron chi connectivity index (χ4n) is 1.91. The van der Waals surface area contributed by atoms with E-state index in [0.717, 1.165) is 23.4 Å². The highest BCUT2D eigenvalue weighted by Crippen LogP contribution is 2.28. The lowest BCUT2D eigenvalue weighted by Gasteiger charge is -2.10. The molecule has 2 aromatic rings. The molecule has 0 radical (unpaired) electrons. The Balaban J connectivity index is 1.84. The van der Waals surface area contributed by atoms with Crippen molar-refractivity contribution < 1.29 is 19.0 Å². The second kappa shape index (κ2) is 7.69. The summed E-state index contributed by atoms with van der Waals surface area (Å²) in [5.74, 6) is -0.383. The van der Waals surface area contributed by atoms with Gasteiger partial charge in [0.1, 0.15) is 11.5 Å². The average molecular weight is 339 g/mol. The van der Waals surface area contributed by atoms with Crippen molar-refractivity contribution in [2.45, 2.75) is 6.42 Å². The molecule has 122 valence electrons. The van der Waals surface area contributed by atoms with Crippen LogP contribution in [0.3, 0.4) is 0 Å². The molecule has 2 amide bonds. The molecule has 2 aromatic carbocycles. The lowest BCUT2D eigenvalue weighted by atomic mass is 10.1. The Hall–Kier alpha value is -2.47. The van der Waals surface area contributed by atoms with Crippen LogP contribution in [0.15, 0.2) is 36.4 Å². The van der Waals surface area contributed by atoms with Gasteiger partial charge in [-0.05, 0) is 30.2 Å². The Labute approximate surface area is 138 Å². The highest BCUT2D eigenvalue weighted by molar-refractivity contribution is 6.32. The third-order valence-electron chi connectivity index (χ3n) is 3.14. The van der Waals surface area contributed by atoms with Gasteiger partial charge in [0, 0.05) is 12.6 Å². The molecule has 0 aromatic heterocycles. The highest BCUT2D eigenvalue weighted by atomic mass is 35.5. The zero-order valence-electron chi connectivity index (χ0n) is 12.4. The number of rotatable bonds is 5. The molecule has 0 atom stereocenters. The summed E-state index contributed by atoms with van der Waals surface area (Å²) >= 11 is 5.68. The van der Waals surface area contributed by atoms with E-state index in [2.05, 4.69) is 10.6 Å². The summed E-state index contributed by atoms with van der Waals surface area (Å²) in [7, 11) is 1.59. The van der Waals surface area contributed by atoms with E-state index < -0.39 is 11.8 Å². The Bertz CT molecular complexity index is 692. The van der Waals surface area contributed by atoms with Crippen LogP contribution >= 0.6 is 11.6 Å². The number of phenolic OH excluding ortho intramolecular Hbond substituents is 1. The Kier molecular flexibility index (Phi) is 5.65. The molecule has 0 bridgehead atoms. The number of methoxy groups -OCH3 is 1. The molecule has 0 unspecified atom stereocenters. The Morgan fingerprint density at radius 3 is 2.65 bits per heavy atom. The second-order valence-electron chi connectivity index (χ2n) is 4.76. The number of nitrogens with one attached hydrogen (secondary N) is 2. The lowest BCUT2D eigenvalue weighted by molar-refractivity contribution is 0.252. The summed E-state index contributed by atoms with van der Waals surface area (Å²) in [4.78, 5) is 11.7. The van der Waals surface area contributed by atoms with Crippen LogP contribution in [0.25, 0.3) is 0 Å². The van der Waals surface area contributed by atoms with Crippen molar-refractivity contribution in [3.63, 3.8) is 0 Å². The first-order chi connectivity index (χ1) is 11.0. The number of aromatic hydroxyl groups is 1. The second-order valence-corrected chi connectivity index (χ2v) is 5.17. The molecule has 3 N–H and O–H groups in total. The zero-order chi connectivity index (χ0) is 16.8. The van der Waals surface area contributed by atoms with Crippen molar-refractivity contribution in [1.82, 2.24) is 5.32 Å². The summed E-state index contributed by atoms with van der Waals surface area (Å²) in [6.45, 7) is 0.381. The predicted octanol–water partition coefficient (Wildman–Crippen LogP) is 3.56. The first kappa shape index (κ1) is 16.9. The quantitative estimate of drug-likeness (QED) is 0.730. The number of amides is 2. The van der Waals surface area contributed by atoms with Crippen LogP contribution in [0.2, 0.25) is 5.02 Å². The first-order valence-electron chi connectivity index (χ1n) is 6.85. The highest BCUT2D eigenvalue weighted by Gasteiger charge is 2.10. The van der Waals surface area contributed by atoms with Gasteiger partial charge in [0.15, 0.2) is 5.82 Å². The van der Waals surface area contributed by atoms with Gasteiger partial charge in [-0.1, -0.05) is 23.7 Å². The summed E-state index contributed by atoms with van der Waals surface area (Å²) < 4.78 is 18.6. The Morgan fingerprint density at radius 2 is 2.00 bits per heavy atom. The zero-order valence-corrected chi connectivity index (χ0v) is 13.2. The number of urea groups is 1. The first-order valence-corrected chi connectivity index (χ1v) is 7.23. The smallest absolute Gasteiger partial charge is 0.319 e. The molecule has 0 heterocycles. The third-order valence-corrected chi connectivity index (χ3v) is 3.45. The molecule has 2 rings (SSSR count). The molecule has 7 heteroatoms. The molecule has 0 aliphatic heterocycles. The number of ether oxygens (including phenoxy) is 1. The fraction of sp³-hybridized carbons (Fsp3) is 0.188. The van der Waals surface area contributed by atoms with Gasteiger partial charge in [-0.3, -0.25) is 0 Å². The number of carbonyl (C=O) groups is 1. The molecule has 0 fully saturated rings. The van der Waals surface area contributed by atoms with Crippen molar-refractivity contribution in [2.24, 2.45) is 0 Å². The number of carbonyl (C=O) groups excluding carboxylic acids is 1. The molecule has 5 nitrogen and oxygen atoms in total. The van der Waals surface area contributed by atoms with E-state index in [0.29, 0.717) is 13.0 Å². The van der Waals surface area contributed by atoms with Gasteiger partial charge in [-0.15, -0.1) is 0 Å². The van der Waals surface area contributed by atoms with E-state index >= 15 is 0 Å². The predicted molar refractivity (Wildman–Crippen MR) is 86.8 cm³/mol. The van der Waals surface area contributed by atoms with Gasteiger partial charge in [-0.2, -0.15) is 0 Å². The monoisotopic (exact) mass is 338 g/mol. The van der Waals surface area contributed by atoms with Crippen LogP contribution < -0.4 is 15.4 Å². The summed E-state index contributed by atoms with van der Waals surface area (Å²) in [5, 5.41) is 14.2. The van der Waals surface area contributed by atoms with E-state index in [-0.39, 0.29) is 16.5 Å². The number of phenols is 1. The normalized spacial score (nSPS) is 10.2. The number of benzene rings is 2. The largest absolute Gasteiger partial charge is 0.506 e. The van der Waals surface area contributed by atoms with Crippen LogP contribution in [0.4, 0.5) is 14.9 Å². The summed E-state index contributed by atoms with van der Waals surface area (Å²) in [5.41, 5.74) is 0.930. The topological polar surface area (TPSA) is 70.6 Å². The minimum absolute atomic E-state index is 0.0417. The minimum atomic E-state index is -0.766. The summed E-state index contributed by atoms with van der Waals surface area (Å²) in [6.07, 6.45) is 0.621. The van der Waals surface area contributed by atoms with Crippen molar-refractivity contribution in [2.75, 3.05) is 19.0 Å². The summed E-state index contributed by atoms with van der Waals surface area (Å²) in [6, 6.07) is 8.91. The van der Waals surface area contributed by atoms with Crippen molar-refractivity contribution >= 4 is 23.3 Å². The third kappa shape index (κ3) is 4.75. The van der Waals surface area contributed by atoms with Gasteiger partial charge in [0.2, 0.25) is 0 Å². The van der Waals surface area contributed by atoms with Crippen LogP contribution in [0.1, 0.15) is 5.56 Å². The standard InChI is InChI=1S/C16H16ClFN2O3/c1-23-11-4-2-10(3-5-11)6-7-19-16(22)20-14-8-12(17)15(21)9-13(14)18/h2-5,8-9,21H,6-7H2,1H3,(H2,19,20,22). The van der Waals surface area contributed by atoms with Gasteiger partial charge >= 0.3 is 6.03 Å². The number of anilines is 1. The van der Waals surface area contributed by atoms with Gasteiger partial charge in [-0.25, -0.2) is 9.18 Å². The van der Waals surface area contributed by atoms with Crippen molar-refractivity contribution in [3.8, 4) is 11.5 Å². The SMILES string of the molecule is COc1ccc(CCNC(=O)Nc2cc(Cl)c(O)cc2F)cc1. The molecular weight excluding hydrogens is 323 g/mol. The number of hydrogen-bond acceptors (Lipinski definition) is 3. The van der Waals surface area contributed by atoms with Gasteiger partial charge in [0.25, 0.3) is 0 Å². The van der Waals surface area contributed by atoms with Gasteiger partial charge in [0.05, 0.1) is 17.8 Å². The average Bonchev–Trinajstić information content (AvgIpc) is 2.53. The van der Waals surface area contributed by atoms with E-state index in [1.165, 1.54) is 0 Å². The van der Waals surface area contributed by atoms with Crippen LogP contribution in [0, 0.1) is 5.82 Å². The molecular formula is C16H16ClFN2O3. The molecule has 0 saturated heterocycles. The van der Waals surface area contributed by atoms with E-state index in [1.807, 2.05) is 24.3 Å².